The SMILES string of the molecule is [NH]c1ccc(C2CC(c3ccccn3)=NO2)cc1. The van der Waals surface area contributed by atoms with Crippen molar-refractivity contribution in [1.82, 2.24) is 10.7 Å². The molecule has 4 nitrogen and oxygen atoms in total. The van der Waals surface area contributed by atoms with E-state index in [4.69, 9.17) is 10.6 Å². The van der Waals surface area contributed by atoms with Gasteiger partial charge in [-0.2, -0.15) is 0 Å². The Hall–Kier alpha value is -2.36. The molecule has 1 atom stereocenters. The van der Waals surface area contributed by atoms with Gasteiger partial charge in [-0.1, -0.05) is 23.4 Å². The van der Waals surface area contributed by atoms with E-state index in [1.54, 1.807) is 18.3 Å². The molecule has 1 N–H and O–H groups in total. The molecule has 4 heteroatoms. The first-order valence-electron chi connectivity index (χ1n) is 5.78. The van der Waals surface area contributed by atoms with Crippen LogP contribution in [0.15, 0.2) is 53.8 Å². The van der Waals surface area contributed by atoms with E-state index in [2.05, 4.69) is 10.1 Å². The molecule has 0 saturated carbocycles. The molecule has 18 heavy (non-hydrogen) atoms. The molecule has 2 aromatic rings. The first-order chi connectivity index (χ1) is 8.83. The minimum atomic E-state index is -0.0670. The van der Waals surface area contributed by atoms with Crippen molar-refractivity contribution in [2.24, 2.45) is 5.16 Å². The van der Waals surface area contributed by atoms with Crippen LogP contribution in [0.4, 0.5) is 5.69 Å². The fraction of sp³-hybridized carbons (Fsp3) is 0.143. The van der Waals surface area contributed by atoms with Crippen molar-refractivity contribution in [1.29, 1.82) is 0 Å². The smallest absolute Gasteiger partial charge is 0.158 e. The van der Waals surface area contributed by atoms with E-state index in [-0.39, 0.29) is 6.10 Å². The molecular formula is C14H12N3O. The summed E-state index contributed by atoms with van der Waals surface area (Å²) in [6.07, 6.45) is 2.40. The average molecular weight is 238 g/mol. The minimum Gasteiger partial charge on any atom is -0.387 e. The maximum Gasteiger partial charge on any atom is 0.158 e. The van der Waals surface area contributed by atoms with Crippen molar-refractivity contribution in [2.45, 2.75) is 12.5 Å². The molecule has 1 aromatic heterocycles. The Kier molecular flexibility index (Phi) is 2.68. The van der Waals surface area contributed by atoms with Crippen LogP contribution in [0.2, 0.25) is 0 Å². The van der Waals surface area contributed by atoms with Gasteiger partial charge in [-0.25, -0.2) is 0 Å². The molecule has 89 valence electrons. The first kappa shape index (κ1) is 10.8. The summed E-state index contributed by atoms with van der Waals surface area (Å²) in [6, 6.07) is 13.1. The lowest BCUT2D eigenvalue weighted by Crippen LogP contribution is -2.03. The zero-order chi connectivity index (χ0) is 12.4. The van der Waals surface area contributed by atoms with Crippen LogP contribution in [0.5, 0.6) is 0 Å². The van der Waals surface area contributed by atoms with Gasteiger partial charge < -0.3 is 10.6 Å². The maximum absolute atomic E-state index is 7.46. The summed E-state index contributed by atoms with van der Waals surface area (Å²) in [6.45, 7) is 0. The third-order valence-electron chi connectivity index (χ3n) is 2.91. The summed E-state index contributed by atoms with van der Waals surface area (Å²) in [5.41, 5.74) is 10.7. The molecule has 1 radical (unpaired) electrons. The molecule has 1 aromatic carbocycles. The molecule has 2 heterocycles. The third-order valence-corrected chi connectivity index (χ3v) is 2.91. The number of nitrogens with one attached hydrogen (secondary N) is 1. The fourth-order valence-corrected chi connectivity index (χ4v) is 1.94. The molecule has 0 saturated heterocycles. The number of aromatic nitrogens is 1. The van der Waals surface area contributed by atoms with Gasteiger partial charge in [0, 0.05) is 12.6 Å². The fourth-order valence-electron chi connectivity index (χ4n) is 1.94. The van der Waals surface area contributed by atoms with Crippen molar-refractivity contribution in [3.8, 4) is 0 Å². The average Bonchev–Trinajstić information content (AvgIpc) is 2.90. The van der Waals surface area contributed by atoms with Crippen LogP contribution in [0.3, 0.4) is 0 Å². The molecule has 1 aliphatic heterocycles. The van der Waals surface area contributed by atoms with E-state index >= 15 is 0 Å². The van der Waals surface area contributed by atoms with Gasteiger partial charge in [-0.15, -0.1) is 0 Å². The second kappa shape index (κ2) is 4.49. The predicted octanol–water partition coefficient (Wildman–Crippen LogP) is 2.86. The molecule has 0 fully saturated rings. The summed E-state index contributed by atoms with van der Waals surface area (Å²) in [7, 11) is 0. The number of pyridine rings is 1. The van der Waals surface area contributed by atoms with Crippen LogP contribution in [0.1, 0.15) is 23.8 Å². The summed E-state index contributed by atoms with van der Waals surface area (Å²) in [5, 5.41) is 4.09. The highest BCUT2D eigenvalue weighted by atomic mass is 16.6. The topological polar surface area (TPSA) is 58.3 Å². The highest BCUT2D eigenvalue weighted by molar-refractivity contribution is 5.99. The van der Waals surface area contributed by atoms with Gasteiger partial charge in [0.1, 0.15) is 5.71 Å². The number of hydrogen-bond acceptors (Lipinski definition) is 3. The van der Waals surface area contributed by atoms with Crippen LogP contribution in [-0.4, -0.2) is 10.7 Å². The molecule has 1 unspecified atom stereocenters. The number of rotatable bonds is 2. The lowest BCUT2D eigenvalue weighted by atomic mass is 10.0. The Labute approximate surface area is 105 Å². The zero-order valence-electron chi connectivity index (χ0n) is 9.71. The van der Waals surface area contributed by atoms with E-state index in [0.29, 0.717) is 12.1 Å². The summed E-state index contributed by atoms with van der Waals surface area (Å²) >= 11 is 0. The second-order valence-electron chi connectivity index (χ2n) is 4.17. The van der Waals surface area contributed by atoms with E-state index in [1.165, 1.54) is 0 Å². The Morgan fingerprint density at radius 2 is 1.94 bits per heavy atom. The Morgan fingerprint density at radius 1 is 1.11 bits per heavy atom. The van der Waals surface area contributed by atoms with Crippen LogP contribution in [0.25, 0.3) is 0 Å². The van der Waals surface area contributed by atoms with Crippen molar-refractivity contribution in [3.05, 3.63) is 59.9 Å². The van der Waals surface area contributed by atoms with Crippen LogP contribution in [-0.2, 0) is 4.84 Å². The molecule has 0 aliphatic carbocycles. The Balaban J connectivity index is 1.76. The van der Waals surface area contributed by atoms with Gasteiger partial charge >= 0.3 is 0 Å². The molecule has 1 aliphatic rings. The van der Waals surface area contributed by atoms with Gasteiger partial charge in [0.2, 0.25) is 0 Å². The van der Waals surface area contributed by atoms with Crippen molar-refractivity contribution < 1.29 is 4.84 Å². The molecule has 0 amide bonds. The largest absolute Gasteiger partial charge is 0.387 e. The molecular weight excluding hydrogens is 226 g/mol. The van der Waals surface area contributed by atoms with Crippen molar-refractivity contribution in [3.63, 3.8) is 0 Å². The van der Waals surface area contributed by atoms with Crippen LogP contribution < -0.4 is 5.73 Å². The number of oxime groups is 1. The Bertz CT molecular complexity index is 563. The predicted molar refractivity (Wildman–Crippen MR) is 68.4 cm³/mol. The van der Waals surface area contributed by atoms with E-state index in [9.17, 15) is 0 Å². The van der Waals surface area contributed by atoms with Crippen LogP contribution >= 0.6 is 0 Å². The molecule has 0 bridgehead atoms. The standard InChI is InChI=1S/C14H12N3O/c15-11-6-4-10(5-7-11)14-9-13(17-18-14)12-3-1-2-8-16-12/h1-8,14-15H,9H2. The zero-order valence-corrected chi connectivity index (χ0v) is 9.71. The van der Waals surface area contributed by atoms with Gasteiger partial charge in [0.15, 0.2) is 6.10 Å². The highest BCUT2D eigenvalue weighted by Crippen LogP contribution is 2.29. The monoisotopic (exact) mass is 238 g/mol. The van der Waals surface area contributed by atoms with E-state index in [0.717, 1.165) is 17.0 Å². The Morgan fingerprint density at radius 3 is 2.67 bits per heavy atom. The van der Waals surface area contributed by atoms with Gasteiger partial charge in [0.05, 0.1) is 11.4 Å². The highest BCUT2D eigenvalue weighted by Gasteiger charge is 2.24. The van der Waals surface area contributed by atoms with Gasteiger partial charge in [0.25, 0.3) is 0 Å². The van der Waals surface area contributed by atoms with Crippen LogP contribution in [0, 0.1) is 0 Å². The number of benzene rings is 1. The lowest BCUT2D eigenvalue weighted by molar-refractivity contribution is 0.0857. The summed E-state index contributed by atoms with van der Waals surface area (Å²) in [5.74, 6) is 0. The number of hydrogen-bond donors (Lipinski definition) is 0. The minimum absolute atomic E-state index is 0.0670. The van der Waals surface area contributed by atoms with E-state index < -0.39 is 0 Å². The second-order valence-corrected chi connectivity index (χ2v) is 4.17. The van der Waals surface area contributed by atoms with E-state index in [1.807, 2.05) is 30.3 Å². The third kappa shape index (κ3) is 2.05. The van der Waals surface area contributed by atoms with Crippen molar-refractivity contribution in [2.75, 3.05) is 0 Å². The van der Waals surface area contributed by atoms with Crippen molar-refractivity contribution >= 4 is 11.4 Å². The summed E-state index contributed by atoms with van der Waals surface area (Å²) < 4.78 is 0. The number of nitrogens with zero attached hydrogens (tertiary/aromatic N) is 2. The van der Waals surface area contributed by atoms with Gasteiger partial charge in [-0.3, -0.25) is 4.98 Å². The molecule has 3 rings (SSSR count). The molecule has 0 spiro atoms. The quantitative estimate of drug-likeness (QED) is 0.807. The summed E-state index contributed by atoms with van der Waals surface area (Å²) in [4.78, 5) is 9.69. The normalized spacial score (nSPS) is 18.2. The maximum atomic E-state index is 7.46. The van der Waals surface area contributed by atoms with Gasteiger partial charge in [-0.05, 0) is 29.8 Å². The lowest BCUT2D eigenvalue weighted by Gasteiger charge is -2.07. The first-order valence-corrected chi connectivity index (χ1v) is 5.78.